The van der Waals surface area contributed by atoms with Gasteiger partial charge in [-0.1, -0.05) is 36.0 Å². The van der Waals surface area contributed by atoms with Crippen LogP contribution in [0.25, 0.3) is 0 Å². The Labute approximate surface area is 199 Å². The number of allylic oxidation sites excluding steroid dienone is 2. The van der Waals surface area contributed by atoms with E-state index in [0.717, 1.165) is 12.8 Å². The van der Waals surface area contributed by atoms with E-state index >= 15 is 0 Å². The molecular weight excluding hydrogens is 459 g/mol. The maximum Gasteiger partial charge on any atom is 0.305 e. The number of unbranched alkanes of at least 4 members (excludes halogenated alkanes) is 4. The van der Waals surface area contributed by atoms with Gasteiger partial charge in [-0.2, -0.15) is 0 Å². The lowest BCUT2D eigenvalue weighted by Crippen LogP contribution is -2.34. The molecule has 0 aromatic carbocycles. The molecular formula is C22H32Cl2N2O6. The molecule has 0 saturated carbocycles. The third kappa shape index (κ3) is 9.61. The minimum atomic E-state index is -0.535. The van der Waals surface area contributed by atoms with Crippen molar-refractivity contribution in [2.45, 2.75) is 65.2 Å². The number of halogens is 2. The first-order chi connectivity index (χ1) is 15.3. The molecule has 0 heterocycles. The van der Waals surface area contributed by atoms with Crippen molar-refractivity contribution in [1.29, 1.82) is 0 Å². The predicted molar refractivity (Wildman–Crippen MR) is 122 cm³/mol. The molecule has 0 atom stereocenters. The normalized spacial score (nSPS) is 14.0. The zero-order valence-electron chi connectivity index (χ0n) is 18.7. The molecule has 0 aliphatic heterocycles. The summed E-state index contributed by atoms with van der Waals surface area (Å²) in [6.07, 6.45) is 4.93. The summed E-state index contributed by atoms with van der Waals surface area (Å²) in [5, 5.41) is 5.39. The number of carbonyl (C=O) groups is 4. The average molecular weight is 491 g/mol. The molecule has 0 radical (unpaired) electrons. The van der Waals surface area contributed by atoms with Crippen molar-refractivity contribution in [3.63, 3.8) is 0 Å². The third-order valence-corrected chi connectivity index (χ3v) is 5.34. The molecule has 0 aromatic rings. The third-order valence-electron chi connectivity index (χ3n) is 4.62. The topological polar surface area (TPSA) is 111 Å². The highest BCUT2D eigenvalue weighted by Crippen LogP contribution is 2.27. The fraction of sp³-hybridized carbons (Fsp3) is 0.636. The van der Waals surface area contributed by atoms with Crippen LogP contribution < -0.4 is 10.6 Å². The number of carbonyl (C=O) groups excluding carboxylic acids is 4. The second-order valence-corrected chi connectivity index (χ2v) is 7.88. The van der Waals surface area contributed by atoms with Gasteiger partial charge >= 0.3 is 11.9 Å². The highest BCUT2D eigenvalue weighted by Gasteiger charge is 2.33. The van der Waals surface area contributed by atoms with Gasteiger partial charge in [-0.25, -0.2) is 0 Å². The van der Waals surface area contributed by atoms with Crippen LogP contribution >= 0.6 is 23.2 Å². The van der Waals surface area contributed by atoms with Crippen LogP contribution in [0.3, 0.4) is 0 Å². The lowest BCUT2D eigenvalue weighted by molar-refractivity contribution is -0.144. The van der Waals surface area contributed by atoms with Crippen LogP contribution in [0.15, 0.2) is 21.5 Å². The van der Waals surface area contributed by atoms with Gasteiger partial charge in [0.25, 0.3) is 0 Å². The van der Waals surface area contributed by atoms with Gasteiger partial charge in [0, 0.05) is 25.9 Å². The van der Waals surface area contributed by atoms with E-state index in [-0.39, 0.29) is 33.4 Å². The molecule has 2 N–H and O–H groups in total. The first-order valence-electron chi connectivity index (χ1n) is 11.0. The second-order valence-electron chi connectivity index (χ2n) is 7.12. The van der Waals surface area contributed by atoms with Crippen LogP contribution in [0.5, 0.6) is 0 Å². The molecule has 32 heavy (non-hydrogen) atoms. The summed E-state index contributed by atoms with van der Waals surface area (Å²) in [6.45, 7) is 5.09. The van der Waals surface area contributed by atoms with Crippen molar-refractivity contribution in [2.75, 3.05) is 26.3 Å². The SMILES string of the molecule is CCOC(=O)CCCCCNC1=C(Cl)C(=O)C(NCCCCCC(=O)OCC)=C(Cl)C1=O. The minimum absolute atomic E-state index is 0.00736. The summed E-state index contributed by atoms with van der Waals surface area (Å²) >= 11 is 12.3. The zero-order valence-corrected chi connectivity index (χ0v) is 20.2. The van der Waals surface area contributed by atoms with E-state index in [1.54, 1.807) is 13.8 Å². The number of hydrogen-bond donors (Lipinski definition) is 2. The standard InChI is InChI=1S/C22H32Cl2N2O6/c1-3-31-15(27)11-7-5-9-13-25-19-17(23)22(30)20(18(24)21(19)29)26-14-10-6-8-12-16(28)32-4-2/h25-26H,3-14H2,1-2H3. The first-order valence-corrected chi connectivity index (χ1v) is 11.8. The molecule has 8 nitrogen and oxygen atoms in total. The molecule has 1 rings (SSSR count). The maximum atomic E-state index is 12.5. The number of rotatable bonds is 16. The van der Waals surface area contributed by atoms with Crippen molar-refractivity contribution >= 4 is 46.7 Å². The fourth-order valence-corrected chi connectivity index (χ4v) is 3.49. The molecule has 180 valence electrons. The Morgan fingerprint density at radius 1 is 0.688 bits per heavy atom. The first kappa shape index (κ1) is 28.0. The molecule has 1 aliphatic rings. The Kier molecular flexibility index (Phi) is 13.7. The van der Waals surface area contributed by atoms with Gasteiger partial charge in [0.2, 0.25) is 11.6 Å². The van der Waals surface area contributed by atoms with E-state index < -0.39 is 11.6 Å². The van der Waals surface area contributed by atoms with Gasteiger partial charge in [-0.3, -0.25) is 19.2 Å². The monoisotopic (exact) mass is 490 g/mol. The summed E-state index contributed by atoms with van der Waals surface area (Å²) in [5.74, 6) is -1.52. The van der Waals surface area contributed by atoms with E-state index in [4.69, 9.17) is 32.7 Å². The van der Waals surface area contributed by atoms with Gasteiger partial charge in [-0.15, -0.1) is 0 Å². The van der Waals surface area contributed by atoms with Crippen molar-refractivity contribution in [2.24, 2.45) is 0 Å². The molecule has 10 heteroatoms. The van der Waals surface area contributed by atoms with Crippen LogP contribution in [0, 0.1) is 0 Å². The number of Topliss-reactive ketones (excluding diaryl/α,β-unsaturated/α-hetero) is 2. The number of hydrogen-bond acceptors (Lipinski definition) is 8. The zero-order chi connectivity index (χ0) is 23.9. The van der Waals surface area contributed by atoms with E-state index in [1.165, 1.54) is 0 Å². The summed E-state index contributed by atoms with van der Waals surface area (Å²) in [4.78, 5) is 47.7. The quantitative estimate of drug-likeness (QED) is 0.192. The molecule has 0 spiro atoms. The van der Waals surface area contributed by atoms with Crippen molar-refractivity contribution in [1.82, 2.24) is 10.6 Å². The Morgan fingerprint density at radius 2 is 1.06 bits per heavy atom. The minimum Gasteiger partial charge on any atom is -0.466 e. The van der Waals surface area contributed by atoms with E-state index in [0.29, 0.717) is 64.8 Å². The number of ether oxygens (including phenoxy) is 2. The lowest BCUT2D eigenvalue weighted by atomic mass is 10.0. The van der Waals surface area contributed by atoms with Crippen LogP contribution in [0.2, 0.25) is 0 Å². The van der Waals surface area contributed by atoms with Crippen LogP contribution in [0.4, 0.5) is 0 Å². The van der Waals surface area contributed by atoms with Gasteiger partial charge in [-0.05, 0) is 39.5 Å². The summed E-state index contributed by atoms with van der Waals surface area (Å²) in [6, 6.07) is 0. The van der Waals surface area contributed by atoms with Gasteiger partial charge in [0.1, 0.15) is 21.5 Å². The smallest absolute Gasteiger partial charge is 0.305 e. The Balaban J connectivity index is 2.40. The predicted octanol–water partition coefficient (Wildman–Crippen LogP) is 3.47. The highest BCUT2D eigenvalue weighted by molar-refractivity contribution is 6.55. The van der Waals surface area contributed by atoms with Gasteiger partial charge in [0.05, 0.1) is 13.2 Å². The summed E-state index contributed by atoms with van der Waals surface area (Å²) in [5.41, 5.74) is -0.0147. The molecule has 0 aromatic heterocycles. The Hall–Kier alpha value is -2.06. The number of esters is 2. The van der Waals surface area contributed by atoms with Crippen LogP contribution in [-0.4, -0.2) is 49.8 Å². The highest BCUT2D eigenvalue weighted by atomic mass is 35.5. The largest absolute Gasteiger partial charge is 0.466 e. The Morgan fingerprint density at radius 3 is 1.41 bits per heavy atom. The molecule has 0 bridgehead atoms. The summed E-state index contributed by atoms with van der Waals surface area (Å²) in [7, 11) is 0. The van der Waals surface area contributed by atoms with Crippen molar-refractivity contribution in [3.8, 4) is 0 Å². The number of ketones is 2. The molecule has 0 saturated heterocycles. The van der Waals surface area contributed by atoms with Gasteiger partial charge < -0.3 is 20.1 Å². The van der Waals surface area contributed by atoms with E-state index in [9.17, 15) is 19.2 Å². The fourth-order valence-electron chi connectivity index (χ4n) is 3.00. The van der Waals surface area contributed by atoms with Crippen LogP contribution in [-0.2, 0) is 28.7 Å². The molecule has 0 unspecified atom stereocenters. The van der Waals surface area contributed by atoms with Crippen molar-refractivity contribution in [3.05, 3.63) is 21.5 Å². The summed E-state index contributed by atoms with van der Waals surface area (Å²) < 4.78 is 9.73. The molecule has 0 amide bonds. The maximum absolute atomic E-state index is 12.5. The molecule has 1 aliphatic carbocycles. The molecule has 0 fully saturated rings. The van der Waals surface area contributed by atoms with E-state index in [1.807, 2.05) is 0 Å². The van der Waals surface area contributed by atoms with Crippen LogP contribution in [0.1, 0.15) is 65.2 Å². The second kappa shape index (κ2) is 15.7. The van der Waals surface area contributed by atoms with Crippen molar-refractivity contribution < 1.29 is 28.7 Å². The van der Waals surface area contributed by atoms with E-state index in [2.05, 4.69) is 10.6 Å². The number of nitrogens with one attached hydrogen (secondary N) is 2. The lowest BCUT2D eigenvalue weighted by Gasteiger charge is -2.20. The Bertz CT molecular complexity index is 687. The van der Waals surface area contributed by atoms with Gasteiger partial charge in [0.15, 0.2) is 0 Å². The average Bonchev–Trinajstić information content (AvgIpc) is 2.76.